The fraction of sp³-hybridized carbons (Fsp3) is 0.333. The van der Waals surface area contributed by atoms with E-state index in [0.29, 0.717) is 5.69 Å². The molecule has 0 saturated carbocycles. The molecule has 4 heteroatoms. The van der Waals surface area contributed by atoms with E-state index in [1.54, 1.807) is 20.3 Å². The van der Waals surface area contributed by atoms with E-state index >= 15 is 0 Å². The maximum absolute atomic E-state index is 13.0. The molecule has 1 aromatic carbocycles. The Morgan fingerprint density at radius 1 is 1.26 bits per heavy atom. The summed E-state index contributed by atoms with van der Waals surface area (Å²) in [6.45, 7) is 5.58. The first-order chi connectivity index (χ1) is 7.54. The summed E-state index contributed by atoms with van der Waals surface area (Å²) < 4.78 is 13.0. The summed E-state index contributed by atoms with van der Waals surface area (Å²) in [7, 11) is 0. The van der Waals surface area contributed by atoms with Gasteiger partial charge in [-0.2, -0.15) is 6.42 Å². The van der Waals surface area contributed by atoms with Gasteiger partial charge >= 0.3 is 0 Å². The molecule has 0 aromatic heterocycles. The van der Waals surface area contributed by atoms with E-state index in [0.717, 1.165) is 24.0 Å². The second-order valence-corrected chi connectivity index (χ2v) is 3.90. The number of hydrogen-bond donors (Lipinski definition) is 1. The molecule has 0 unspecified atom stereocenters. The maximum atomic E-state index is 13.0. The third kappa shape index (κ3) is 7.37. The van der Waals surface area contributed by atoms with Crippen molar-refractivity contribution in [3.63, 3.8) is 0 Å². The summed E-state index contributed by atoms with van der Waals surface area (Å²) in [5.74, 6) is -0.398. The van der Waals surface area contributed by atoms with Crippen LogP contribution in [0.4, 0.5) is 10.1 Å². The molecule has 0 radical (unpaired) electrons. The number of aryl methyl sites for hydroxylation is 2. The molecule has 0 saturated heterocycles. The number of anilines is 1. The maximum Gasteiger partial charge on any atom is 0.123 e. The summed E-state index contributed by atoms with van der Waals surface area (Å²) in [6.07, 6.45) is 3.31. The van der Waals surface area contributed by atoms with Gasteiger partial charge in [-0.05, 0) is 37.1 Å². The monoisotopic (exact) mass is 447 g/mol. The zero-order chi connectivity index (χ0) is 12.1. The van der Waals surface area contributed by atoms with Gasteiger partial charge in [-0.15, -0.1) is 0 Å². The molecule has 0 aliphatic rings. The Bertz CT molecular complexity index is 371. The van der Waals surface area contributed by atoms with Crippen molar-refractivity contribution in [2.75, 3.05) is 5.32 Å². The van der Waals surface area contributed by atoms with Crippen molar-refractivity contribution in [2.45, 2.75) is 33.6 Å². The van der Waals surface area contributed by atoms with E-state index < -0.39 is 0 Å². The molecule has 0 bridgehead atoms. The molecule has 0 aliphatic carbocycles. The predicted molar refractivity (Wildman–Crippen MR) is 76.5 cm³/mol. The van der Waals surface area contributed by atoms with Crippen molar-refractivity contribution in [1.29, 1.82) is 0 Å². The number of carbonyl (C=O) groups is 1. The third-order valence-electron chi connectivity index (χ3n) is 2.36. The van der Waals surface area contributed by atoms with Crippen molar-refractivity contribution in [3.8, 4) is 0 Å². The van der Waals surface area contributed by atoms with Gasteiger partial charge in [-0.3, -0.25) is 0 Å². The van der Waals surface area contributed by atoms with Gasteiger partial charge in [0, 0.05) is 26.8 Å². The van der Waals surface area contributed by atoms with Crippen LogP contribution >= 0.6 is 0 Å². The average Bonchev–Trinajstić information content (AvgIpc) is 2.20. The van der Waals surface area contributed by atoms with E-state index in [-0.39, 0.29) is 47.6 Å². The van der Waals surface area contributed by atoms with Crippen molar-refractivity contribution in [3.05, 3.63) is 50.4 Å². The molecule has 1 rings (SSSR count). The quantitative estimate of drug-likeness (QED) is 0.686. The van der Waals surface area contributed by atoms with Crippen LogP contribution in [0.15, 0.2) is 12.1 Å². The summed E-state index contributed by atoms with van der Waals surface area (Å²) >= 11 is 0. The zero-order valence-corrected chi connectivity index (χ0v) is 14.5. The Kier molecular flexibility index (Phi) is 13.5. The van der Waals surface area contributed by atoms with Crippen LogP contribution in [-0.2, 0) is 25.9 Å². The number of carbonyl (C=O) groups excluding carboxylic acids is 1. The van der Waals surface area contributed by atoms with Crippen LogP contribution in [0, 0.1) is 40.9 Å². The first kappa shape index (κ1) is 23.3. The molecule has 2 nitrogen and oxygen atoms in total. The normalized spacial score (nSPS) is 8.42. The van der Waals surface area contributed by atoms with E-state index in [9.17, 15) is 9.18 Å². The largest absolute Gasteiger partial charge is 0.358 e. The zero-order valence-electron chi connectivity index (χ0n) is 12.2. The van der Waals surface area contributed by atoms with Crippen molar-refractivity contribution in [1.82, 2.24) is 0 Å². The predicted octanol–water partition coefficient (Wildman–Crippen LogP) is 4.28. The van der Waals surface area contributed by atoms with E-state index in [1.807, 2.05) is 6.92 Å². The fourth-order valence-corrected chi connectivity index (χ4v) is 1.56. The second-order valence-electron chi connectivity index (χ2n) is 3.90. The Morgan fingerprint density at radius 3 is 2.16 bits per heavy atom. The number of hydrogen-bond acceptors (Lipinski definition) is 1. The molecule has 0 spiro atoms. The third-order valence-corrected chi connectivity index (χ3v) is 2.36. The van der Waals surface area contributed by atoms with Crippen LogP contribution < -0.4 is 5.32 Å². The van der Waals surface area contributed by atoms with Crippen LogP contribution in [0.25, 0.3) is 0 Å². The molecule has 1 aromatic rings. The van der Waals surface area contributed by atoms with Gasteiger partial charge in [0.15, 0.2) is 0 Å². The molecule has 114 valence electrons. The van der Waals surface area contributed by atoms with Crippen LogP contribution in [0.1, 0.15) is 30.9 Å². The SMILES string of the molecule is CCC[CH-]C(=O)Nc1c(C)cc(F)cc1C.[CH3-].[CH3-].[Pt]. The molecular formula is C15H23FNOPt-3. The van der Waals surface area contributed by atoms with Gasteiger partial charge in [-0.1, -0.05) is 13.3 Å². The molecule has 0 atom stereocenters. The van der Waals surface area contributed by atoms with E-state index in [2.05, 4.69) is 5.32 Å². The smallest absolute Gasteiger partial charge is 0.123 e. The summed E-state index contributed by atoms with van der Waals surface area (Å²) in [4.78, 5) is 11.5. The van der Waals surface area contributed by atoms with Crippen LogP contribution in [0.3, 0.4) is 0 Å². The van der Waals surface area contributed by atoms with Gasteiger partial charge in [0.25, 0.3) is 0 Å². The molecule has 19 heavy (non-hydrogen) atoms. The van der Waals surface area contributed by atoms with Crippen LogP contribution in [0.2, 0.25) is 0 Å². The molecule has 0 fully saturated rings. The first-order valence-corrected chi connectivity index (χ1v) is 5.45. The number of rotatable bonds is 4. The topological polar surface area (TPSA) is 29.1 Å². The average molecular weight is 447 g/mol. The minimum atomic E-state index is -0.273. The number of benzene rings is 1. The molecule has 0 aliphatic heterocycles. The molecular weight excluding hydrogens is 424 g/mol. The standard InChI is InChI=1S/C13H17FNO.2CH3.Pt/c1-4-5-6-12(16)15-13-9(2)7-11(14)8-10(13)3;;;/h6-8H,4-5H2,1-3H3,(H,15,16);2*1H3;/q3*-1;. The van der Waals surface area contributed by atoms with E-state index in [4.69, 9.17) is 0 Å². The van der Waals surface area contributed by atoms with Crippen LogP contribution in [0.5, 0.6) is 0 Å². The first-order valence-electron chi connectivity index (χ1n) is 5.45. The summed E-state index contributed by atoms with van der Waals surface area (Å²) in [5.41, 5.74) is 2.20. The van der Waals surface area contributed by atoms with Gasteiger partial charge in [0.05, 0.1) is 5.91 Å². The van der Waals surface area contributed by atoms with Gasteiger partial charge in [0.1, 0.15) is 5.82 Å². The molecule has 0 heterocycles. The summed E-state index contributed by atoms with van der Waals surface area (Å²) in [6, 6.07) is 2.84. The number of unbranched alkanes of at least 4 members (excludes halogenated alkanes) is 1. The Labute approximate surface area is 131 Å². The van der Waals surface area contributed by atoms with Gasteiger partial charge in [-0.25, -0.2) is 4.39 Å². The molecule has 1 amide bonds. The van der Waals surface area contributed by atoms with Crippen molar-refractivity contribution in [2.24, 2.45) is 0 Å². The minimum absolute atomic E-state index is 0. The second kappa shape index (κ2) is 11.0. The van der Waals surface area contributed by atoms with Gasteiger partial charge < -0.3 is 31.4 Å². The Hall–Kier alpha value is -0.822. The summed E-state index contributed by atoms with van der Waals surface area (Å²) in [5, 5.41) is 2.78. The number of nitrogens with one attached hydrogen (secondary N) is 1. The van der Waals surface area contributed by atoms with E-state index in [1.165, 1.54) is 12.1 Å². The van der Waals surface area contributed by atoms with Crippen LogP contribution in [-0.4, -0.2) is 5.91 Å². The number of amides is 1. The minimum Gasteiger partial charge on any atom is -0.358 e. The fourth-order valence-electron chi connectivity index (χ4n) is 1.56. The van der Waals surface area contributed by atoms with Crippen molar-refractivity contribution >= 4 is 11.6 Å². The Balaban J connectivity index is -0.000000853. The number of halogens is 1. The van der Waals surface area contributed by atoms with Gasteiger partial charge in [0.2, 0.25) is 0 Å². The molecule has 1 N–H and O–H groups in total. The van der Waals surface area contributed by atoms with Crippen molar-refractivity contribution < 1.29 is 30.3 Å². The Morgan fingerprint density at radius 2 is 1.74 bits per heavy atom.